The predicted molar refractivity (Wildman–Crippen MR) is 120 cm³/mol. The second kappa shape index (κ2) is 8.03. The SMILES string of the molecule is CN1CCC(C2NC=C(c3cccc(-c4ccnc(Nc5ccn(C)n5)n4)n3)S2)C1=O. The molecule has 2 aliphatic heterocycles. The Bertz CT molecular complexity index is 1160. The van der Waals surface area contributed by atoms with E-state index in [2.05, 4.69) is 25.7 Å². The van der Waals surface area contributed by atoms with Crippen LogP contribution < -0.4 is 10.6 Å². The van der Waals surface area contributed by atoms with Crippen LogP contribution in [-0.2, 0) is 11.8 Å². The summed E-state index contributed by atoms with van der Waals surface area (Å²) in [6.07, 6.45) is 6.39. The van der Waals surface area contributed by atoms with Gasteiger partial charge < -0.3 is 15.5 Å². The third-order valence-electron chi connectivity index (χ3n) is 5.34. The van der Waals surface area contributed by atoms with Gasteiger partial charge in [-0.3, -0.25) is 9.48 Å². The highest BCUT2D eigenvalue weighted by Gasteiger charge is 2.38. The lowest BCUT2D eigenvalue weighted by molar-refractivity contribution is -0.129. The molecule has 10 heteroatoms. The number of pyridine rings is 1. The molecule has 0 saturated carbocycles. The summed E-state index contributed by atoms with van der Waals surface area (Å²) >= 11 is 1.66. The molecule has 0 radical (unpaired) electrons. The second-order valence-electron chi connectivity index (χ2n) is 7.54. The van der Waals surface area contributed by atoms with Gasteiger partial charge in [-0.1, -0.05) is 17.8 Å². The van der Waals surface area contributed by atoms with E-state index in [0.29, 0.717) is 11.8 Å². The minimum Gasteiger partial charge on any atom is -0.377 e. The van der Waals surface area contributed by atoms with Gasteiger partial charge in [-0.15, -0.1) is 0 Å². The summed E-state index contributed by atoms with van der Waals surface area (Å²) in [4.78, 5) is 28.8. The molecule has 1 fully saturated rings. The summed E-state index contributed by atoms with van der Waals surface area (Å²) in [5.74, 6) is 1.34. The molecule has 31 heavy (non-hydrogen) atoms. The van der Waals surface area contributed by atoms with E-state index >= 15 is 0 Å². The van der Waals surface area contributed by atoms with E-state index in [-0.39, 0.29) is 17.2 Å². The van der Waals surface area contributed by atoms with Gasteiger partial charge in [-0.05, 0) is 24.6 Å². The number of carbonyl (C=O) groups excluding carboxylic acids is 1. The Labute approximate surface area is 184 Å². The van der Waals surface area contributed by atoms with Crippen LogP contribution in [0.2, 0.25) is 0 Å². The molecular formula is C21H22N8OS. The number of nitrogens with zero attached hydrogens (tertiary/aromatic N) is 6. The molecule has 1 amide bonds. The zero-order valence-corrected chi connectivity index (χ0v) is 18.0. The normalized spacial score (nSPS) is 20.6. The molecule has 2 N–H and O–H groups in total. The first-order valence-electron chi connectivity index (χ1n) is 10.0. The van der Waals surface area contributed by atoms with Crippen molar-refractivity contribution in [2.75, 3.05) is 18.9 Å². The molecule has 2 atom stereocenters. The number of aromatic nitrogens is 5. The van der Waals surface area contributed by atoms with Crippen molar-refractivity contribution in [2.45, 2.75) is 11.8 Å². The number of amides is 1. The van der Waals surface area contributed by atoms with Crippen LogP contribution in [-0.4, -0.2) is 54.5 Å². The van der Waals surface area contributed by atoms with Crippen LogP contribution in [0.5, 0.6) is 0 Å². The van der Waals surface area contributed by atoms with Gasteiger partial charge in [-0.25, -0.2) is 15.0 Å². The van der Waals surface area contributed by atoms with Crippen molar-refractivity contribution < 1.29 is 4.79 Å². The van der Waals surface area contributed by atoms with Crippen LogP contribution >= 0.6 is 11.8 Å². The van der Waals surface area contributed by atoms with Crippen molar-refractivity contribution in [3.8, 4) is 11.4 Å². The minimum atomic E-state index is -0.00553. The highest BCUT2D eigenvalue weighted by atomic mass is 32.2. The molecule has 0 bridgehead atoms. The van der Waals surface area contributed by atoms with Gasteiger partial charge in [-0.2, -0.15) is 5.10 Å². The topological polar surface area (TPSA) is 101 Å². The maximum atomic E-state index is 12.3. The van der Waals surface area contributed by atoms with Gasteiger partial charge in [0.2, 0.25) is 11.9 Å². The van der Waals surface area contributed by atoms with Crippen molar-refractivity contribution >= 4 is 34.3 Å². The Morgan fingerprint density at radius 2 is 1.97 bits per heavy atom. The van der Waals surface area contributed by atoms with E-state index in [4.69, 9.17) is 4.98 Å². The van der Waals surface area contributed by atoms with Crippen LogP contribution in [0.1, 0.15) is 12.1 Å². The lowest BCUT2D eigenvalue weighted by atomic mass is 10.1. The first-order valence-corrected chi connectivity index (χ1v) is 10.9. The van der Waals surface area contributed by atoms with Crippen molar-refractivity contribution in [3.63, 3.8) is 0 Å². The van der Waals surface area contributed by atoms with Crippen molar-refractivity contribution in [1.82, 2.24) is 34.9 Å². The Kier molecular flexibility index (Phi) is 5.06. The van der Waals surface area contributed by atoms with Crippen LogP contribution in [0.15, 0.2) is 48.9 Å². The minimum absolute atomic E-state index is 0.00553. The van der Waals surface area contributed by atoms with Gasteiger partial charge in [0.05, 0.1) is 33.3 Å². The van der Waals surface area contributed by atoms with Gasteiger partial charge >= 0.3 is 0 Å². The number of hydrogen-bond acceptors (Lipinski definition) is 8. The zero-order chi connectivity index (χ0) is 21.4. The van der Waals surface area contributed by atoms with Crippen molar-refractivity contribution in [1.29, 1.82) is 0 Å². The van der Waals surface area contributed by atoms with Gasteiger partial charge in [0, 0.05) is 45.3 Å². The van der Waals surface area contributed by atoms with E-state index in [9.17, 15) is 4.79 Å². The number of rotatable bonds is 5. The highest BCUT2D eigenvalue weighted by Crippen LogP contribution is 2.39. The molecule has 5 rings (SSSR count). The number of carbonyl (C=O) groups is 1. The van der Waals surface area contributed by atoms with E-state index in [1.54, 1.807) is 27.5 Å². The average molecular weight is 435 g/mol. The molecule has 9 nitrogen and oxygen atoms in total. The largest absolute Gasteiger partial charge is 0.377 e. The summed E-state index contributed by atoms with van der Waals surface area (Å²) in [5, 5.41) is 10.8. The lowest BCUT2D eigenvalue weighted by Gasteiger charge is -2.17. The standard InChI is InChI=1S/C21H22N8OS/c1-28-10-7-13(20(28)30)19-23-12-17(31-19)16-5-3-4-14(24-16)15-6-9-22-21(25-15)26-18-8-11-29(2)27-18/h3-6,8-9,11-13,19,23H,7,10H2,1-2H3,(H,22,25,26,27). The maximum absolute atomic E-state index is 12.3. The Hall–Kier alpha value is -3.40. The van der Waals surface area contributed by atoms with Crippen molar-refractivity contribution in [2.24, 2.45) is 13.0 Å². The molecule has 5 heterocycles. The second-order valence-corrected chi connectivity index (χ2v) is 8.73. The quantitative estimate of drug-likeness (QED) is 0.632. The van der Waals surface area contributed by atoms with Crippen LogP contribution in [0.25, 0.3) is 16.3 Å². The van der Waals surface area contributed by atoms with E-state index in [0.717, 1.165) is 35.0 Å². The number of anilines is 2. The first kappa shape index (κ1) is 19.6. The number of nitrogens with one attached hydrogen (secondary N) is 2. The third-order valence-corrected chi connectivity index (χ3v) is 6.64. The summed E-state index contributed by atoms with van der Waals surface area (Å²) in [6.45, 7) is 0.813. The lowest BCUT2D eigenvalue weighted by Crippen LogP contribution is -2.33. The summed E-state index contributed by atoms with van der Waals surface area (Å²) in [5.41, 5.74) is 2.33. The molecule has 0 spiro atoms. The van der Waals surface area contributed by atoms with Gasteiger partial charge in [0.1, 0.15) is 0 Å². The fourth-order valence-electron chi connectivity index (χ4n) is 3.70. The monoisotopic (exact) mass is 434 g/mol. The summed E-state index contributed by atoms with van der Waals surface area (Å²) in [6, 6.07) is 9.56. The summed E-state index contributed by atoms with van der Waals surface area (Å²) in [7, 11) is 3.72. The molecular weight excluding hydrogens is 412 g/mol. The van der Waals surface area contributed by atoms with Crippen LogP contribution in [0.4, 0.5) is 11.8 Å². The maximum Gasteiger partial charge on any atom is 0.228 e. The highest BCUT2D eigenvalue weighted by molar-refractivity contribution is 8.09. The molecule has 0 aromatic carbocycles. The van der Waals surface area contributed by atoms with Crippen molar-refractivity contribution in [3.05, 3.63) is 54.6 Å². The molecule has 2 aliphatic rings. The van der Waals surface area contributed by atoms with Gasteiger partial charge in [0.25, 0.3) is 0 Å². The van der Waals surface area contributed by atoms with Crippen LogP contribution in [0.3, 0.4) is 0 Å². The van der Waals surface area contributed by atoms with Crippen LogP contribution in [0, 0.1) is 5.92 Å². The number of likely N-dealkylation sites (tertiary alicyclic amines) is 1. The third kappa shape index (κ3) is 3.98. The fraction of sp³-hybridized carbons (Fsp3) is 0.286. The number of aryl methyl sites for hydroxylation is 1. The molecule has 3 aromatic heterocycles. The molecule has 3 aromatic rings. The number of thioether (sulfide) groups is 1. The molecule has 158 valence electrons. The Balaban J connectivity index is 1.33. The number of hydrogen-bond donors (Lipinski definition) is 2. The summed E-state index contributed by atoms with van der Waals surface area (Å²) < 4.78 is 1.71. The van der Waals surface area contributed by atoms with E-state index in [1.807, 2.05) is 56.8 Å². The van der Waals surface area contributed by atoms with Gasteiger partial charge in [0.15, 0.2) is 5.82 Å². The molecule has 0 aliphatic carbocycles. The molecule has 1 saturated heterocycles. The zero-order valence-electron chi connectivity index (χ0n) is 17.2. The average Bonchev–Trinajstić information content (AvgIpc) is 3.50. The molecule has 2 unspecified atom stereocenters. The smallest absolute Gasteiger partial charge is 0.228 e. The van der Waals surface area contributed by atoms with E-state index in [1.165, 1.54) is 0 Å². The fourth-order valence-corrected chi connectivity index (χ4v) is 4.89. The Morgan fingerprint density at radius 3 is 2.74 bits per heavy atom. The van der Waals surface area contributed by atoms with E-state index < -0.39 is 0 Å². The predicted octanol–water partition coefficient (Wildman–Crippen LogP) is 2.45. The first-order chi connectivity index (χ1) is 15.1. The Morgan fingerprint density at radius 1 is 1.13 bits per heavy atom.